The van der Waals surface area contributed by atoms with Crippen LogP contribution in [0.5, 0.6) is 0 Å². The lowest BCUT2D eigenvalue weighted by Gasteiger charge is -2.33. The molecule has 1 N–H and O–H groups in total. The van der Waals surface area contributed by atoms with Crippen LogP contribution in [0.1, 0.15) is 19.8 Å². The summed E-state index contributed by atoms with van der Waals surface area (Å²) in [7, 11) is -3.81. The molecule has 1 aliphatic heterocycles. The number of alkyl halides is 3. The third-order valence-corrected chi connectivity index (χ3v) is 4.64. The first-order valence-corrected chi connectivity index (χ1v) is 7.14. The van der Waals surface area contributed by atoms with E-state index in [1.807, 2.05) is 0 Å². The molecule has 0 unspecified atom stereocenters. The van der Waals surface area contributed by atoms with E-state index in [4.69, 9.17) is 0 Å². The van der Waals surface area contributed by atoms with E-state index < -0.39 is 28.8 Å². The van der Waals surface area contributed by atoms with Gasteiger partial charge in [0, 0.05) is 6.04 Å². The van der Waals surface area contributed by atoms with Crippen molar-refractivity contribution >= 4 is 10.0 Å². The van der Waals surface area contributed by atoms with Gasteiger partial charge >= 0.3 is 6.18 Å². The van der Waals surface area contributed by atoms with Crippen molar-refractivity contribution in [3.8, 4) is 0 Å². The van der Waals surface area contributed by atoms with Gasteiger partial charge in [-0.1, -0.05) is 0 Å². The Bertz CT molecular complexity index is 337. The van der Waals surface area contributed by atoms with Crippen LogP contribution in [0, 0.1) is 0 Å². The number of piperidine rings is 1. The molecule has 1 saturated heterocycles. The summed E-state index contributed by atoms with van der Waals surface area (Å²) >= 11 is 0. The number of halogens is 3. The monoisotopic (exact) mass is 274 g/mol. The van der Waals surface area contributed by atoms with E-state index in [1.54, 1.807) is 0 Å². The van der Waals surface area contributed by atoms with Crippen LogP contribution < -0.4 is 5.32 Å². The standard InChI is InChI=1S/C9H17F3N2O2S/c1-2-17(15,16)14(7-9(10,11)12)8-3-5-13-6-4-8/h8,13H,2-7H2,1H3. The topological polar surface area (TPSA) is 49.4 Å². The first kappa shape index (κ1) is 14.7. The van der Waals surface area contributed by atoms with Gasteiger partial charge in [0.25, 0.3) is 0 Å². The minimum absolute atomic E-state index is 0.299. The quantitative estimate of drug-likeness (QED) is 0.830. The van der Waals surface area contributed by atoms with Gasteiger partial charge in [-0.3, -0.25) is 0 Å². The second-order valence-corrected chi connectivity index (χ2v) is 6.25. The van der Waals surface area contributed by atoms with Crippen molar-refractivity contribution in [2.24, 2.45) is 0 Å². The van der Waals surface area contributed by atoms with Gasteiger partial charge < -0.3 is 5.32 Å². The Morgan fingerprint density at radius 1 is 1.29 bits per heavy atom. The average molecular weight is 274 g/mol. The largest absolute Gasteiger partial charge is 0.402 e. The van der Waals surface area contributed by atoms with E-state index in [1.165, 1.54) is 6.92 Å². The molecular formula is C9H17F3N2O2S. The minimum Gasteiger partial charge on any atom is -0.317 e. The molecule has 1 aliphatic rings. The highest BCUT2D eigenvalue weighted by atomic mass is 32.2. The van der Waals surface area contributed by atoms with Crippen LogP contribution >= 0.6 is 0 Å². The number of nitrogens with zero attached hydrogens (tertiary/aromatic N) is 1. The third kappa shape index (κ3) is 4.44. The van der Waals surface area contributed by atoms with Crippen molar-refractivity contribution in [3.05, 3.63) is 0 Å². The molecule has 1 fully saturated rings. The van der Waals surface area contributed by atoms with E-state index in [9.17, 15) is 21.6 Å². The van der Waals surface area contributed by atoms with Crippen LogP contribution in [0.3, 0.4) is 0 Å². The van der Waals surface area contributed by atoms with Crippen LogP contribution in [0.25, 0.3) is 0 Å². The SMILES string of the molecule is CCS(=O)(=O)N(CC(F)(F)F)C1CCNCC1. The first-order chi connectivity index (χ1) is 7.76. The Labute approximate surface area is 99.2 Å². The Kier molecular flexibility index (Phi) is 4.79. The molecule has 0 bridgehead atoms. The fourth-order valence-electron chi connectivity index (χ4n) is 1.89. The maximum atomic E-state index is 12.4. The molecule has 8 heteroatoms. The molecule has 0 aromatic heterocycles. The van der Waals surface area contributed by atoms with Crippen molar-refractivity contribution in [3.63, 3.8) is 0 Å². The number of hydrogen-bond donors (Lipinski definition) is 1. The summed E-state index contributed by atoms with van der Waals surface area (Å²) in [5.41, 5.74) is 0. The zero-order valence-corrected chi connectivity index (χ0v) is 10.4. The molecule has 0 atom stereocenters. The summed E-state index contributed by atoms with van der Waals surface area (Å²) in [5.74, 6) is -0.299. The zero-order chi connectivity index (χ0) is 13.1. The summed E-state index contributed by atoms with van der Waals surface area (Å²) in [6, 6.07) is -0.539. The fraction of sp³-hybridized carbons (Fsp3) is 1.00. The van der Waals surface area contributed by atoms with Crippen LogP contribution in [-0.2, 0) is 10.0 Å². The normalized spacial score (nSPS) is 19.8. The molecule has 0 aliphatic carbocycles. The summed E-state index contributed by atoms with van der Waals surface area (Å²) in [4.78, 5) is 0. The molecule has 0 aromatic carbocycles. The molecule has 102 valence electrons. The number of hydrogen-bond acceptors (Lipinski definition) is 3. The number of nitrogens with one attached hydrogen (secondary N) is 1. The smallest absolute Gasteiger partial charge is 0.317 e. The van der Waals surface area contributed by atoms with E-state index in [2.05, 4.69) is 5.32 Å². The van der Waals surface area contributed by atoms with Gasteiger partial charge in [-0.2, -0.15) is 17.5 Å². The van der Waals surface area contributed by atoms with Crippen LogP contribution in [0.15, 0.2) is 0 Å². The molecule has 0 aromatic rings. The third-order valence-electron chi connectivity index (χ3n) is 2.77. The zero-order valence-electron chi connectivity index (χ0n) is 9.63. The molecule has 1 rings (SSSR count). The van der Waals surface area contributed by atoms with Crippen molar-refractivity contribution in [1.82, 2.24) is 9.62 Å². The highest BCUT2D eigenvalue weighted by Gasteiger charge is 2.39. The van der Waals surface area contributed by atoms with E-state index >= 15 is 0 Å². The fourth-order valence-corrected chi connectivity index (χ4v) is 3.23. The van der Waals surface area contributed by atoms with E-state index in [-0.39, 0.29) is 5.75 Å². The van der Waals surface area contributed by atoms with Gasteiger partial charge in [0.15, 0.2) is 0 Å². The Morgan fingerprint density at radius 3 is 2.24 bits per heavy atom. The average Bonchev–Trinajstić information content (AvgIpc) is 2.26. The maximum absolute atomic E-state index is 12.4. The van der Waals surface area contributed by atoms with Gasteiger partial charge in [0.2, 0.25) is 10.0 Å². The van der Waals surface area contributed by atoms with Crippen LogP contribution in [-0.4, -0.2) is 50.3 Å². The van der Waals surface area contributed by atoms with Gasteiger partial charge in [-0.15, -0.1) is 0 Å². The number of sulfonamides is 1. The molecule has 0 saturated carbocycles. The summed E-state index contributed by atoms with van der Waals surface area (Å²) in [6.07, 6.45) is -3.64. The van der Waals surface area contributed by atoms with Crippen molar-refractivity contribution in [2.45, 2.75) is 32.0 Å². The second kappa shape index (κ2) is 5.53. The summed E-state index contributed by atoms with van der Waals surface area (Å²) in [5, 5.41) is 3.00. The first-order valence-electron chi connectivity index (χ1n) is 5.53. The predicted molar refractivity (Wildman–Crippen MR) is 58.1 cm³/mol. The lowest BCUT2D eigenvalue weighted by atomic mass is 10.1. The summed E-state index contributed by atoms with van der Waals surface area (Å²) < 4.78 is 61.2. The van der Waals surface area contributed by atoms with Crippen LogP contribution in [0.2, 0.25) is 0 Å². The minimum atomic E-state index is -4.49. The lowest BCUT2D eigenvalue weighted by Crippen LogP contribution is -2.50. The lowest BCUT2D eigenvalue weighted by molar-refractivity contribution is -0.140. The van der Waals surface area contributed by atoms with Gasteiger partial charge in [-0.25, -0.2) is 8.42 Å². The highest BCUT2D eigenvalue weighted by Crippen LogP contribution is 2.24. The van der Waals surface area contributed by atoms with Crippen molar-refractivity contribution < 1.29 is 21.6 Å². The molecule has 17 heavy (non-hydrogen) atoms. The highest BCUT2D eigenvalue weighted by molar-refractivity contribution is 7.89. The Balaban J connectivity index is 2.85. The Morgan fingerprint density at radius 2 is 1.82 bits per heavy atom. The molecular weight excluding hydrogens is 257 g/mol. The molecule has 1 heterocycles. The maximum Gasteiger partial charge on any atom is 0.402 e. The van der Waals surface area contributed by atoms with Gasteiger partial charge in [0.1, 0.15) is 6.54 Å². The van der Waals surface area contributed by atoms with Crippen molar-refractivity contribution in [2.75, 3.05) is 25.4 Å². The molecule has 0 amide bonds. The molecule has 4 nitrogen and oxygen atoms in total. The van der Waals surface area contributed by atoms with E-state index in [0.29, 0.717) is 30.2 Å². The predicted octanol–water partition coefficient (Wildman–Crippen LogP) is 0.952. The summed E-state index contributed by atoms with van der Waals surface area (Å²) in [6.45, 7) is 1.09. The molecule has 0 radical (unpaired) electrons. The van der Waals surface area contributed by atoms with Crippen molar-refractivity contribution in [1.29, 1.82) is 0 Å². The van der Waals surface area contributed by atoms with Gasteiger partial charge in [-0.05, 0) is 32.9 Å². The Hall–Kier alpha value is -0.340. The van der Waals surface area contributed by atoms with Gasteiger partial charge in [0.05, 0.1) is 5.75 Å². The van der Waals surface area contributed by atoms with E-state index in [0.717, 1.165) is 0 Å². The second-order valence-electron chi connectivity index (χ2n) is 4.04. The molecule has 0 spiro atoms. The number of rotatable bonds is 4. The van der Waals surface area contributed by atoms with Crippen LogP contribution in [0.4, 0.5) is 13.2 Å².